The Kier molecular flexibility index (Phi) is 5.42. The van der Waals surface area contributed by atoms with E-state index in [1.165, 1.54) is 0 Å². The van der Waals surface area contributed by atoms with Gasteiger partial charge in [-0.2, -0.15) is 0 Å². The molecule has 0 atom stereocenters. The first-order chi connectivity index (χ1) is 10.1. The molecule has 0 aromatic heterocycles. The van der Waals surface area contributed by atoms with Crippen molar-refractivity contribution in [1.82, 2.24) is 0 Å². The summed E-state index contributed by atoms with van der Waals surface area (Å²) >= 11 is 11.1. The SMILES string of the molecule is COc1ccccc1CCNc1cc(Cl)ccc1C(N)=S. The van der Waals surface area contributed by atoms with E-state index >= 15 is 0 Å². The van der Waals surface area contributed by atoms with Gasteiger partial charge in [-0.3, -0.25) is 0 Å². The van der Waals surface area contributed by atoms with Gasteiger partial charge in [-0.1, -0.05) is 42.0 Å². The highest BCUT2D eigenvalue weighted by Gasteiger charge is 2.06. The molecular formula is C16H17ClN2OS. The molecule has 0 aliphatic rings. The predicted octanol–water partition coefficient (Wildman–Crippen LogP) is 3.64. The monoisotopic (exact) mass is 320 g/mol. The number of thiocarbonyl (C=S) groups is 1. The number of para-hydroxylation sites is 1. The lowest BCUT2D eigenvalue weighted by molar-refractivity contribution is 0.410. The molecule has 21 heavy (non-hydrogen) atoms. The number of benzene rings is 2. The Labute approximate surface area is 135 Å². The van der Waals surface area contributed by atoms with Gasteiger partial charge >= 0.3 is 0 Å². The van der Waals surface area contributed by atoms with Crippen molar-refractivity contribution in [2.24, 2.45) is 5.73 Å². The van der Waals surface area contributed by atoms with Crippen molar-refractivity contribution in [2.45, 2.75) is 6.42 Å². The lowest BCUT2D eigenvalue weighted by Gasteiger charge is -2.13. The summed E-state index contributed by atoms with van der Waals surface area (Å²) < 4.78 is 5.34. The molecular weight excluding hydrogens is 304 g/mol. The third-order valence-electron chi connectivity index (χ3n) is 3.15. The summed E-state index contributed by atoms with van der Waals surface area (Å²) in [7, 11) is 1.67. The Hall–Kier alpha value is -1.78. The summed E-state index contributed by atoms with van der Waals surface area (Å²) in [5.74, 6) is 0.889. The van der Waals surface area contributed by atoms with Gasteiger partial charge in [0.1, 0.15) is 10.7 Å². The van der Waals surface area contributed by atoms with Crippen molar-refractivity contribution < 1.29 is 4.74 Å². The topological polar surface area (TPSA) is 47.3 Å². The van der Waals surface area contributed by atoms with E-state index in [1.807, 2.05) is 36.4 Å². The minimum Gasteiger partial charge on any atom is -0.496 e. The maximum Gasteiger partial charge on any atom is 0.122 e. The fourth-order valence-corrected chi connectivity index (χ4v) is 2.47. The number of anilines is 1. The normalized spacial score (nSPS) is 10.2. The number of halogens is 1. The Morgan fingerprint density at radius 2 is 2.05 bits per heavy atom. The molecule has 0 spiro atoms. The van der Waals surface area contributed by atoms with E-state index < -0.39 is 0 Å². The molecule has 0 aliphatic heterocycles. The van der Waals surface area contributed by atoms with Crippen LogP contribution in [-0.4, -0.2) is 18.6 Å². The van der Waals surface area contributed by atoms with Gasteiger partial charge in [-0.05, 0) is 36.2 Å². The van der Waals surface area contributed by atoms with E-state index in [4.69, 9.17) is 34.3 Å². The van der Waals surface area contributed by atoms with Gasteiger partial charge in [0, 0.05) is 22.8 Å². The average Bonchev–Trinajstić information content (AvgIpc) is 2.47. The van der Waals surface area contributed by atoms with Crippen molar-refractivity contribution >= 4 is 34.5 Å². The number of rotatable bonds is 6. The molecule has 0 heterocycles. The number of nitrogens with two attached hydrogens (primary N) is 1. The van der Waals surface area contributed by atoms with Gasteiger partial charge < -0.3 is 15.8 Å². The number of hydrogen-bond acceptors (Lipinski definition) is 3. The van der Waals surface area contributed by atoms with Gasteiger partial charge in [-0.15, -0.1) is 0 Å². The smallest absolute Gasteiger partial charge is 0.122 e. The minimum absolute atomic E-state index is 0.353. The maximum atomic E-state index is 6.02. The second-order valence-electron chi connectivity index (χ2n) is 4.54. The van der Waals surface area contributed by atoms with Crippen LogP contribution in [0.3, 0.4) is 0 Å². The lowest BCUT2D eigenvalue weighted by Crippen LogP contribution is -2.14. The summed E-state index contributed by atoms with van der Waals surface area (Å²) in [5, 5.41) is 3.98. The van der Waals surface area contributed by atoms with Gasteiger partial charge in [0.05, 0.1) is 7.11 Å². The molecule has 110 valence electrons. The molecule has 2 aromatic carbocycles. The fourth-order valence-electron chi connectivity index (χ4n) is 2.12. The van der Waals surface area contributed by atoms with Gasteiger partial charge in [-0.25, -0.2) is 0 Å². The largest absolute Gasteiger partial charge is 0.496 e. The van der Waals surface area contributed by atoms with Crippen LogP contribution in [0.4, 0.5) is 5.69 Å². The van der Waals surface area contributed by atoms with Crippen LogP contribution < -0.4 is 15.8 Å². The highest BCUT2D eigenvalue weighted by molar-refractivity contribution is 7.80. The molecule has 0 aliphatic carbocycles. The van der Waals surface area contributed by atoms with Gasteiger partial charge in [0.25, 0.3) is 0 Å². The van der Waals surface area contributed by atoms with Crippen LogP contribution in [0.25, 0.3) is 0 Å². The quantitative estimate of drug-likeness (QED) is 0.798. The first kappa shape index (κ1) is 15.6. The number of ether oxygens (including phenoxy) is 1. The molecule has 0 amide bonds. The van der Waals surface area contributed by atoms with Crippen LogP contribution in [-0.2, 0) is 6.42 Å². The van der Waals surface area contributed by atoms with Crippen LogP contribution in [0.5, 0.6) is 5.75 Å². The molecule has 5 heteroatoms. The molecule has 0 bridgehead atoms. The highest BCUT2D eigenvalue weighted by atomic mass is 35.5. The Morgan fingerprint density at radius 3 is 2.76 bits per heavy atom. The predicted molar refractivity (Wildman–Crippen MR) is 92.5 cm³/mol. The lowest BCUT2D eigenvalue weighted by atomic mass is 10.1. The zero-order valence-corrected chi connectivity index (χ0v) is 13.3. The molecule has 0 fully saturated rings. The van der Waals surface area contributed by atoms with Crippen molar-refractivity contribution in [3.8, 4) is 5.75 Å². The van der Waals surface area contributed by atoms with Crippen molar-refractivity contribution in [2.75, 3.05) is 19.0 Å². The Bertz CT molecular complexity index is 646. The number of hydrogen-bond donors (Lipinski definition) is 2. The molecule has 0 saturated heterocycles. The summed E-state index contributed by atoms with van der Waals surface area (Å²) in [6, 6.07) is 13.4. The number of methoxy groups -OCH3 is 1. The standard InChI is InChI=1S/C16H17ClN2OS/c1-20-15-5-3-2-4-11(15)8-9-19-14-10-12(17)6-7-13(14)16(18)21/h2-7,10,19H,8-9H2,1H3,(H2,18,21). The molecule has 0 unspecified atom stereocenters. The molecule has 2 aromatic rings. The van der Waals surface area contributed by atoms with E-state index in [0.717, 1.165) is 35.5 Å². The Morgan fingerprint density at radius 1 is 1.29 bits per heavy atom. The third-order valence-corrected chi connectivity index (χ3v) is 3.60. The maximum absolute atomic E-state index is 6.02. The summed E-state index contributed by atoms with van der Waals surface area (Å²) in [6.45, 7) is 0.732. The van der Waals surface area contributed by atoms with Crippen LogP contribution in [0, 0.1) is 0 Å². The van der Waals surface area contributed by atoms with E-state index in [1.54, 1.807) is 13.2 Å². The summed E-state index contributed by atoms with van der Waals surface area (Å²) in [6.07, 6.45) is 0.827. The first-order valence-electron chi connectivity index (χ1n) is 6.57. The summed E-state index contributed by atoms with van der Waals surface area (Å²) in [4.78, 5) is 0.353. The Balaban J connectivity index is 2.07. The van der Waals surface area contributed by atoms with E-state index in [-0.39, 0.29) is 0 Å². The van der Waals surface area contributed by atoms with Crippen LogP contribution in [0.15, 0.2) is 42.5 Å². The van der Waals surface area contributed by atoms with E-state index in [9.17, 15) is 0 Å². The molecule has 0 saturated carbocycles. The minimum atomic E-state index is 0.353. The molecule has 0 radical (unpaired) electrons. The second kappa shape index (κ2) is 7.29. The van der Waals surface area contributed by atoms with Gasteiger partial charge in [0.15, 0.2) is 0 Å². The van der Waals surface area contributed by atoms with Crippen LogP contribution in [0.2, 0.25) is 5.02 Å². The van der Waals surface area contributed by atoms with Crippen LogP contribution >= 0.6 is 23.8 Å². The second-order valence-corrected chi connectivity index (χ2v) is 5.42. The third kappa shape index (κ3) is 4.09. The van der Waals surface area contributed by atoms with Crippen molar-refractivity contribution in [3.63, 3.8) is 0 Å². The zero-order chi connectivity index (χ0) is 15.2. The van der Waals surface area contributed by atoms with Crippen molar-refractivity contribution in [3.05, 3.63) is 58.6 Å². The molecule has 3 N–H and O–H groups in total. The van der Waals surface area contributed by atoms with Crippen molar-refractivity contribution in [1.29, 1.82) is 0 Å². The molecule has 2 rings (SSSR count). The average molecular weight is 321 g/mol. The fraction of sp³-hybridized carbons (Fsp3) is 0.188. The molecule has 3 nitrogen and oxygen atoms in total. The number of nitrogens with one attached hydrogen (secondary N) is 1. The summed E-state index contributed by atoms with van der Waals surface area (Å²) in [5.41, 5.74) is 8.52. The van der Waals surface area contributed by atoms with Gasteiger partial charge in [0.2, 0.25) is 0 Å². The first-order valence-corrected chi connectivity index (χ1v) is 7.35. The van der Waals surface area contributed by atoms with Crippen LogP contribution in [0.1, 0.15) is 11.1 Å². The highest BCUT2D eigenvalue weighted by Crippen LogP contribution is 2.22. The van der Waals surface area contributed by atoms with E-state index in [0.29, 0.717) is 10.0 Å². The zero-order valence-electron chi connectivity index (χ0n) is 11.7. The van der Waals surface area contributed by atoms with E-state index in [2.05, 4.69) is 5.32 Å².